The zero-order valence-electron chi connectivity index (χ0n) is 34.2. The number of aromatic nitrogens is 7. The molecule has 0 aliphatic rings. The first kappa shape index (κ1) is 42.1. The van der Waals surface area contributed by atoms with E-state index in [0.717, 1.165) is 0 Å². The van der Waals surface area contributed by atoms with Crippen molar-refractivity contribution in [3.05, 3.63) is 242 Å². The van der Waals surface area contributed by atoms with Crippen molar-refractivity contribution in [3.63, 3.8) is 0 Å². The fourth-order valence-electron chi connectivity index (χ4n) is 6.07. The van der Waals surface area contributed by atoms with Crippen LogP contribution >= 0.6 is 0 Å². The average Bonchev–Trinajstić information content (AvgIpc) is 3.34. The van der Waals surface area contributed by atoms with Crippen molar-refractivity contribution in [1.82, 2.24) is 34.9 Å². The minimum atomic E-state index is 0.112. The Morgan fingerprint density at radius 1 is 0.492 bits per heavy atom. The highest BCUT2D eigenvalue weighted by atomic mass is 15.0. The number of allylic oxidation sites excluding steroid dienone is 7. The summed E-state index contributed by atoms with van der Waals surface area (Å²) in [5.74, 6) is 0.281. The molecule has 7 aromatic heterocycles. The highest BCUT2D eigenvalue weighted by molar-refractivity contribution is 6.12. The third kappa shape index (κ3) is 11.0. The van der Waals surface area contributed by atoms with Crippen molar-refractivity contribution in [2.45, 2.75) is 0 Å². The smallest absolute Gasteiger partial charge is 0.162 e. The first-order valence-electron chi connectivity index (χ1n) is 19.6. The summed E-state index contributed by atoms with van der Waals surface area (Å²) in [6.45, 7) is 12.5. The lowest BCUT2D eigenvalue weighted by molar-refractivity contribution is 1.20. The molecule has 0 aliphatic carbocycles. The second-order valence-electron chi connectivity index (χ2n) is 13.7. The summed E-state index contributed by atoms with van der Waals surface area (Å²) in [5, 5.41) is 0. The van der Waals surface area contributed by atoms with Gasteiger partial charge in [0.15, 0.2) is 5.84 Å². The van der Waals surface area contributed by atoms with Gasteiger partial charge in [0, 0.05) is 47.7 Å². The fraction of sp³-hybridized carbons (Fsp3) is 0. The van der Waals surface area contributed by atoms with Crippen LogP contribution in [-0.4, -0.2) is 46.6 Å². The van der Waals surface area contributed by atoms with E-state index in [4.69, 9.17) is 37.2 Å². The second kappa shape index (κ2) is 20.3. The number of amidine groups is 2. The topological polar surface area (TPSA) is 193 Å². The van der Waals surface area contributed by atoms with E-state index in [1.54, 1.807) is 73.5 Å². The lowest BCUT2D eigenvalue weighted by atomic mass is 10.0. The summed E-state index contributed by atoms with van der Waals surface area (Å²) < 4.78 is 0. The largest absolute Gasteiger partial charge is 0.397 e. The third-order valence-corrected chi connectivity index (χ3v) is 9.20. The van der Waals surface area contributed by atoms with Gasteiger partial charge in [-0.2, -0.15) is 0 Å². The molecule has 7 aromatic rings. The van der Waals surface area contributed by atoms with Gasteiger partial charge in [0.25, 0.3) is 0 Å². The molecule has 0 spiro atoms. The van der Waals surface area contributed by atoms with Crippen molar-refractivity contribution in [2.24, 2.45) is 27.2 Å². The Bertz CT molecular complexity index is 2880. The van der Waals surface area contributed by atoms with Gasteiger partial charge < -0.3 is 17.2 Å². The van der Waals surface area contributed by atoms with Gasteiger partial charge in [0.2, 0.25) is 0 Å². The average molecular weight is 823 g/mol. The summed E-state index contributed by atoms with van der Waals surface area (Å²) in [5.41, 5.74) is 28.7. The van der Waals surface area contributed by atoms with Crippen LogP contribution in [0.15, 0.2) is 224 Å². The van der Waals surface area contributed by atoms with Crippen LogP contribution in [0.2, 0.25) is 0 Å². The van der Waals surface area contributed by atoms with Crippen LogP contribution in [0.25, 0.3) is 51.1 Å². The highest BCUT2D eigenvalue weighted by Gasteiger charge is 2.17. The third-order valence-electron chi connectivity index (χ3n) is 9.20. The second-order valence-corrected chi connectivity index (χ2v) is 13.7. The van der Waals surface area contributed by atoms with Gasteiger partial charge in [-0.25, -0.2) is 20.0 Å². The molecule has 306 valence electrons. The Morgan fingerprint density at radius 3 is 1.54 bits per heavy atom. The first-order valence-corrected chi connectivity index (χ1v) is 19.6. The van der Waals surface area contributed by atoms with E-state index in [0.29, 0.717) is 84.9 Å². The molecule has 0 aromatic carbocycles. The Labute approximate surface area is 365 Å². The van der Waals surface area contributed by atoms with Crippen LogP contribution in [0.5, 0.6) is 0 Å². The minimum Gasteiger partial charge on any atom is -0.397 e. The maximum Gasteiger partial charge on any atom is 0.162 e. The number of hydrogen-bond donors (Lipinski definition) is 3. The highest BCUT2D eigenvalue weighted by Crippen LogP contribution is 2.27. The van der Waals surface area contributed by atoms with Crippen LogP contribution in [0.4, 0.5) is 0 Å². The molecule has 0 atom stereocenters. The normalized spacial score (nSPS) is 12.6. The lowest BCUT2D eigenvalue weighted by Crippen LogP contribution is -2.18. The zero-order chi connectivity index (χ0) is 44.0. The molecular formula is C51H42N12. The molecule has 12 heteroatoms. The van der Waals surface area contributed by atoms with Crippen LogP contribution < -0.4 is 17.2 Å². The molecule has 0 amide bonds. The summed E-state index contributed by atoms with van der Waals surface area (Å²) in [4.78, 5) is 42.6. The molecule has 0 radical (unpaired) electrons. The standard InChI is InChI=1S/C51H42N12/c1-4-5-6-17-39(52)46-32-38(33-49(61-46)45-22-11-16-27-59-45)51(60-35(3)36(28-34(2)41-18-7-12-23-55-41)29-40(53)42-19-8-13-24-56-42)63-50(54)37-30-47(43-20-9-14-25-57-43)62-48(31-37)44-21-10-15-26-58-44/h4-33H,1-3,52-53H2,(H2,54,60,63)/b6-5-,36-28+,39-17-,40-29-. The van der Waals surface area contributed by atoms with Crippen LogP contribution in [-0.2, 0) is 0 Å². The summed E-state index contributed by atoms with van der Waals surface area (Å²) in [7, 11) is 0. The van der Waals surface area contributed by atoms with Gasteiger partial charge in [0.1, 0.15) is 5.84 Å². The van der Waals surface area contributed by atoms with Gasteiger partial charge in [-0.3, -0.25) is 24.9 Å². The molecule has 0 bridgehead atoms. The lowest BCUT2D eigenvalue weighted by Gasteiger charge is -2.13. The quantitative estimate of drug-likeness (QED) is 0.0542. The Kier molecular flexibility index (Phi) is 13.6. The van der Waals surface area contributed by atoms with Gasteiger partial charge in [0.05, 0.1) is 68.3 Å². The van der Waals surface area contributed by atoms with Crippen LogP contribution in [0.1, 0.15) is 28.2 Å². The monoisotopic (exact) mass is 822 g/mol. The molecule has 63 heavy (non-hydrogen) atoms. The molecular weight excluding hydrogens is 781 g/mol. The van der Waals surface area contributed by atoms with Crippen molar-refractivity contribution >= 4 is 28.6 Å². The predicted octanol–water partition coefficient (Wildman–Crippen LogP) is 8.80. The van der Waals surface area contributed by atoms with E-state index in [9.17, 15) is 0 Å². The maximum atomic E-state index is 7.03. The van der Waals surface area contributed by atoms with Crippen LogP contribution in [0, 0.1) is 0 Å². The predicted molar refractivity (Wildman–Crippen MR) is 254 cm³/mol. The molecule has 6 N–H and O–H groups in total. The van der Waals surface area contributed by atoms with E-state index in [1.807, 2.05) is 109 Å². The number of pyridine rings is 7. The molecule has 0 unspecified atom stereocenters. The van der Waals surface area contributed by atoms with Crippen molar-refractivity contribution in [1.29, 1.82) is 0 Å². The van der Waals surface area contributed by atoms with Crippen LogP contribution in [0.3, 0.4) is 0 Å². The molecule has 0 fully saturated rings. The summed E-state index contributed by atoms with van der Waals surface area (Å²) in [6, 6.07) is 35.1. The molecule has 0 saturated heterocycles. The SMILES string of the molecule is C=C/C=C\C=C(/N)c1cc(C(N=C(N)c2cc(-c3ccccn3)nc(-c3ccccn3)c2)=NC(=C)C(/C=C(\N)c2ccccn2)=C/C(=C)c2ccccn2)cc(-c2ccccn2)n1. The molecule has 0 saturated carbocycles. The van der Waals surface area contributed by atoms with Crippen molar-refractivity contribution in [2.75, 3.05) is 0 Å². The Hall–Kier alpha value is -9.03. The first-order chi connectivity index (χ1) is 30.7. The van der Waals surface area contributed by atoms with Crippen molar-refractivity contribution < 1.29 is 0 Å². The number of nitrogens with two attached hydrogens (primary N) is 3. The van der Waals surface area contributed by atoms with E-state index in [1.165, 1.54) is 0 Å². The number of rotatable bonds is 14. The minimum absolute atomic E-state index is 0.112. The Morgan fingerprint density at radius 2 is 1.02 bits per heavy atom. The summed E-state index contributed by atoms with van der Waals surface area (Å²) >= 11 is 0. The molecule has 7 rings (SSSR count). The molecule has 12 nitrogen and oxygen atoms in total. The summed E-state index contributed by atoms with van der Waals surface area (Å²) in [6.07, 6.45) is 18.9. The van der Waals surface area contributed by atoms with Gasteiger partial charge >= 0.3 is 0 Å². The van der Waals surface area contributed by atoms with E-state index in [2.05, 4.69) is 44.7 Å². The van der Waals surface area contributed by atoms with Crippen molar-refractivity contribution in [3.8, 4) is 34.2 Å². The zero-order valence-corrected chi connectivity index (χ0v) is 34.2. The van der Waals surface area contributed by atoms with E-state index >= 15 is 0 Å². The fourth-order valence-corrected chi connectivity index (χ4v) is 6.07. The number of nitrogens with zero attached hydrogens (tertiary/aromatic N) is 9. The number of hydrogen-bond acceptors (Lipinski definition) is 10. The van der Waals surface area contributed by atoms with Gasteiger partial charge in [-0.1, -0.05) is 68.3 Å². The molecule has 7 heterocycles. The van der Waals surface area contributed by atoms with Gasteiger partial charge in [-0.05, 0) is 109 Å². The van der Waals surface area contributed by atoms with E-state index in [-0.39, 0.29) is 17.4 Å². The number of aliphatic imine (C=N–C) groups is 2. The van der Waals surface area contributed by atoms with E-state index < -0.39 is 0 Å². The maximum absolute atomic E-state index is 7.03. The Balaban J connectivity index is 1.46. The van der Waals surface area contributed by atoms with Gasteiger partial charge in [-0.15, -0.1) is 0 Å². The molecule has 0 aliphatic heterocycles.